The number of nitrogens with zero attached hydrogens (tertiary/aromatic N) is 4. The zero-order valence-electron chi connectivity index (χ0n) is 13.8. The van der Waals surface area contributed by atoms with Gasteiger partial charge in [-0.05, 0) is 24.6 Å². The van der Waals surface area contributed by atoms with E-state index in [9.17, 15) is 0 Å². The molecule has 0 saturated heterocycles. The Balaban J connectivity index is 1.34. The van der Waals surface area contributed by atoms with Crippen molar-refractivity contribution < 1.29 is 0 Å². The van der Waals surface area contributed by atoms with Crippen molar-refractivity contribution in [2.75, 3.05) is 18.4 Å². The van der Waals surface area contributed by atoms with E-state index in [1.807, 2.05) is 34.0 Å². The number of benzene rings is 1. The predicted molar refractivity (Wildman–Crippen MR) is 94.2 cm³/mol. The maximum atomic E-state index is 4.35. The number of hydrogen-bond acceptors (Lipinski definition) is 4. The van der Waals surface area contributed by atoms with Gasteiger partial charge < -0.3 is 15.2 Å². The number of anilines is 1. The van der Waals surface area contributed by atoms with Crippen LogP contribution in [0.5, 0.6) is 0 Å². The van der Waals surface area contributed by atoms with Crippen LogP contribution in [0.4, 0.5) is 5.82 Å². The zero-order valence-corrected chi connectivity index (χ0v) is 13.8. The predicted octanol–water partition coefficient (Wildman–Crippen LogP) is 2.46. The molecule has 2 N–H and O–H groups in total. The lowest BCUT2D eigenvalue weighted by molar-refractivity contribution is 0.376. The van der Waals surface area contributed by atoms with Crippen molar-refractivity contribution in [2.45, 2.75) is 19.5 Å². The van der Waals surface area contributed by atoms with Gasteiger partial charge in [-0.2, -0.15) is 5.10 Å². The van der Waals surface area contributed by atoms with Crippen molar-refractivity contribution in [3.63, 3.8) is 0 Å². The van der Waals surface area contributed by atoms with Crippen molar-refractivity contribution >= 4 is 5.82 Å². The van der Waals surface area contributed by atoms with Crippen molar-refractivity contribution in [1.29, 1.82) is 0 Å². The SMILES string of the molecule is C[C@@H](NC[C@H]1CNc2ccnn2C1)c1ccc(-n2ccnc2)cc1. The second-order valence-electron chi connectivity index (χ2n) is 6.34. The van der Waals surface area contributed by atoms with Crippen LogP contribution in [0.3, 0.4) is 0 Å². The third kappa shape index (κ3) is 3.05. The lowest BCUT2D eigenvalue weighted by Gasteiger charge is -2.26. The lowest BCUT2D eigenvalue weighted by Crippen LogP contribution is -2.36. The summed E-state index contributed by atoms with van der Waals surface area (Å²) in [5, 5.41) is 11.4. The Labute approximate surface area is 141 Å². The first-order chi connectivity index (χ1) is 11.8. The topological polar surface area (TPSA) is 59.7 Å². The van der Waals surface area contributed by atoms with E-state index in [0.717, 1.165) is 31.1 Å². The minimum atomic E-state index is 0.320. The van der Waals surface area contributed by atoms with Gasteiger partial charge in [0.1, 0.15) is 5.82 Å². The molecule has 0 fully saturated rings. The summed E-state index contributed by atoms with van der Waals surface area (Å²) in [6.45, 7) is 5.14. The molecule has 6 nitrogen and oxygen atoms in total. The van der Waals surface area contributed by atoms with E-state index in [1.165, 1.54) is 5.56 Å². The Morgan fingerprint density at radius 3 is 2.92 bits per heavy atom. The van der Waals surface area contributed by atoms with Gasteiger partial charge in [-0.25, -0.2) is 9.67 Å². The second-order valence-corrected chi connectivity index (χ2v) is 6.34. The van der Waals surface area contributed by atoms with Crippen LogP contribution in [-0.4, -0.2) is 32.4 Å². The Hall–Kier alpha value is -2.60. The van der Waals surface area contributed by atoms with Gasteiger partial charge in [0.2, 0.25) is 0 Å². The van der Waals surface area contributed by atoms with Crippen molar-refractivity contribution in [1.82, 2.24) is 24.6 Å². The average Bonchev–Trinajstić information content (AvgIpc) is 3.31. The highest BCUT2D eigenvalue weighted by molar-refractivity contribution is 5.36. The Kier molecular flexibility index (Phi) is 4.04. The van der Waals surface area contributed by atoms with Crippen molar-refractivity contribution in [3.8, 4) is 5.69 Å². The van der Waals surface area contributed by atoms with E-state index in [4.69, 9.17) is 0 Å². The van der Waals surface area contributed by atoms with Crippen LogP contribution in [0.15, 0.2) is 55.2 Å². The number of hydrogen-bond donors (Lipinski definition) is 2. The van der Waals surface area contributed by atoms with E-state index >= 15 is 0 Å². The molecule has 1 aromatic carbocycles. The van der Waals surface area contributed by atoms with E-state index < -0.39 is 0 Å². The molecule has 0 unspecified atom stereocenters. The standard InChI is InChI=1S/C18H22N6/c1-14(16-2-4-17(5-3-16)23-9-8-19-13-23)20-10-15-11-21-18-6-7-22-24(18)12-15/h2-9,13-15,20-21H,10-12H2,1H3/t14-,15+/m1/s1. The first-order valence-electron chi connectivity index (χ1n) is 8.37. The number of nitrogens with one attached hydrogen (secondary N) is 2. The van der Waals surface area contributed by atoms with Crippen LogP contribution in [0, 0.1) is 5.92 Å². The molecule has 0 spiro atoms. The van der Waals surface area contributed by atoms with Crippen LogP contribution in [0.2, 0.25) is 0 Å². The number of aromatic nitrogens is 4. The molecule has 4 rings (SSSR count). The molecular formula is C18H22N6. The first-order valence-corrected chi connectivity index (χ1v) is 8.37. The molecule has 3 aromatic rings. The third-order valence-electron chi connectivity index (χ3n) is 4.63. The molecule has 1 aliphatic heterocycles. The van der Waals surface area contributed by atoms with E-state index in [0.29, 0.717) is 12.0 Å². The van der Waals surface area contributed by atoms with Gasteiger partial charge >= 0.3 is 0 Å². The third-order valence-corrected chi connectivity index (χ3v) is 4.63. The van der Waals surface area contributed by atoms with Crippen molar-refractivity contribution in [3.05, 3.63) is 60.8 Å². The van der Waals surface area contributed by atoms with Crippen LogP contribution in [0.1, 0.15) is 18.5 Å². The zero-order chi connectivity index (χ0) is 16.4. The highest BCUT2D eigenvalue weighted by Gasteiger charge is 2.18. The van der Waals surface area contributed by atoms with Gasteiger partial charge in [-0.1, -0.05) is 12.1 Å². The summed E-state index contributed by atoms with van der Waals surface area (Å²) >= 11 is 0. The first kappa shape index (κ1) is 15.0. The molecule has 1 aliphatic rings. The minimum Gasteiger partial charge on any atom is -0.370 e. The molecule has 24 heavy (non-hydrogen) atoms. The fourth-order valence-corrected chi connectivity index (χ4v) is 3.13. The normalized spacial score (nSPS) is 18.0. The molecule has 3 heterocycles. The summed E-state index contributed by atoms with van der Waals surface area (Å²) in [5.41, 5.74) is 2.42. The number of fused-ring (bicyclic) bond motifs is 1. The summed E-state index contributed by atoms with van der Waals surface area (Å²) < 4.78 is 4.05. The van der Waals surface area contributed by atoms with Crippen LogP contribution < -0.4 is 10.6 Å². The van der Waals surface area contributed by atoms with Gasteiger partial charge in [-0.15, -0.1) is 0 Å². The summed E-state index contributed by atoms with van der Waals surface area (Å²) in [6.07, 6.45) is 7.41. The molecule has 2 atom stereocenters. The molecule has 0 bridgehead atoms. The molecule has 0 aliphatic carbocycles. The van der Waals surface area contributed by atoms with Gasteiger partial charge in [0.15, 0.2) is 0 Å². The van der Waals surface area contributed by atoms with Gasteiger partial charge in [0.25, 0.3) is 0 Å². The lowest BCUT2D eigenvalue weighted by atomic mass is 10.1. The Bertz CT molecular complexity index is 774. The molecule has 124 valence electrons. The second kappa shape index (κ2) is 6.49. The quantitative estimate of drug-likeness (QED) is 0.757. The summed E-state index contributed by atoms with van der Waals surface area (Å²) in [4.78, 5) is 4.09. The highest BCUT2D eigenvalue weighted by Crippen LogP contribution is 2.18. The highest BCUT2D eigenvalue weighted by atomic mass is 15.3. The molecular weight excluding hydrogens is 300 g/mol. The van der Waals surface area contributed by atoms with Crippen LogP contribution in [-0.2, 0) is 6.54 Å². The monoisotopic (exact) mass is 322 g/mol. The fourth-order valence-electron chi connectivity index (χ4n) is 3.13. The number of imidazole rings is 1. The van der Waals surface area contributed by atoms with Gasteiger partial charge in [-0.3, -0.25) is 0 Å². The van der Waals surface area contributed by atoms with Gasteiger partial charge in [0.05, 0.1) is 12.5 Å². The summed E-state index contributed by atoms with van der Waals surface area (Å²) in [6, 6.07) is 11.0. The maximum absolute atomic E-state index is 4.35. The summed E-state index contributed by atoms with van der Waals surface area (Å²) in [7, 11) is 0. The summed E-state index contributed by atoms with van der Waals surface area (Å²) in [5.74, 6) is 1.67. The Morgan fingerprint density at radius 2 is 2.12 bits per heavy atom. The van der Waals surface area contributed by atoms with Crippen LogP contribution >= 0.6 is 0 Å². The Morgan fingerprint density at radius 1 is 1.25 bits per heavy atom. The number of rotatable bonds is 5. The largest absolute Gasteiger partial charge is 0.370 e. The average molecular weight is 322 g/mol. The minimum absolute atomic E-state index is 0.320. The maximum Gasteiger partial charge on any atom is 0.124 e. The fraction of sp³-hybridized carbons (Fsp3) is 0.333. The van der Waals surface area contributed by atoms with E-state index in [2.05, 4.69) is 51.9 Å². The molecule has 0 saturated carbocycles. The van der Waals surface area contributed by atoms with E-state index in [1.54, 1.807) is 6.20 Å². The van der Waals surface area contributed by atoms with Gasteiger partial charge in [0, 0.05) is 55.7 Å². The molecule has 0 radical (unpaired) electrons. The van der Waals surface area contributed by atoms with Crippen molar-refractivity contribution in [2.24, 2.45) is 5.92 Å². The molecule has 6 heteroatoms. The van der Waals surface area contributed by atoms with E-state index in [-0.39, 0.29) is 0 Å². The molecule has 2 aromatic heterocycles. The smallest absolute Gasteiger partial charge is 0.124 e. The molecule has 0 amide bonds. The van der Waals surface area contributed by atoms with Crippen LogP contribution in [0.25, 0.3) is 5.69 Å².